The van der Waals surface area contributed by atoms with Crippen molar-refractivity contribution in [2.45, 2.75) is 38.1 Å². The van der Waals surface area contributed by atoms with E-state index in [0.717, 1.165) is 19.4 Å². The van der Waals surface area contributed by atoms with Crippen molar-refractivity contribution in [3.8, 4) is 0 Å². The molecule has 1 fully saturated rings. The van der Waals surface area contributed by atoms with Crippen LogP contribution in [0.25, 0.3) is 0 Å². The quantitative estimate of drug-likeness (QED) is 0.794. The van der Waals surface area contributed by atoms with Crippen LogP contribution in [0.1, 0.15) is 44.3 Å². The molecule has 1 aliphatic rings. The van der Waals surface area contributed by atoms with Crippen LogP contribution in [0.4, 0.5) is 0 Å². The Hall–Kier alpha value is -0.940. The van der Waals surface area contributed by atoms with Crippen LogP contribution in [0, 0.1) is 0 Å². The minimum atomic E-state index is -0.561. The van der Waals surface area contributed by atoms with Crippen molar-refractivity contribution in [3.05, 3.63) is 11.7 Å². The highest BCUT2D eigenvalue weighted by molar-refractivity contribution is 5.06. The van der Waals surface area contributed by atoms with E-state index in [1.54, 1.807) is 0 Å². The number of rotatable bonds is 2. The first-order chi connectivity index (χ1) is 7.12. The van der Waals surface area contributed by atoms with Crippen molar-refractivity contribution in [2.75, 3.05) is 13.2 Å². The van der Waals surface area contributed by atoms with Gasteiger partial charge in [0.25, 0.3) is 0 Å². The first-order valence-corrected chi connectivity index (χ1v) is 5.32. The Morgan fingerprint density at radius 3 is 2.80 bits per heavy atom. The smallest absolute Gasteiger partial charge is 0.229 e. The molecule has 0 radical (unpaired) electrons. The molecule has 1 atom stereocenters. The standard InChI is InChI=1S/C10H17N3O2/c1-7(2)8-12-9(13-15-8)10(11)4-3-5-14-6-10/h7H,3-6,11H2,1-2H3. The third-order valence-electron chi connectivity index (χ3n) is 2.65. The average Bonchev–Trinajstić information content (AvgIpc) is 2.68. The SMILES string of the molecule is CC(C)c1nc(C2(N)CCCOC2)no1. The lowest BCUT2D eigenvalue weighted by Crippen LogP contribution is -2.45. The average molecular weight is 211 g/mol. The van der Waals surface area contributed by atoms with Crippen molar-refractivity contribution in [2.24, 2.45) is 5.73 Å². The summed E-state index contributed by atoms with van der Waals surface area (Å²) in [5, 5.41) is 3.94. The van der Waals surface area contributed by atoms with E-state index in [9.17, 15) is 0 Å². The molecule has 0 aromatic carbocycles. The van der Waals surface area contributed by atoms with Crippen molar-refractivity contribution < 1.29 is 9.26 Å². The van der Waals surface area contributed by atoms with Gasteiger partial charge in [0.2, 0.25) is 5.89 Å². The summed E-state index contributed by atoms with van der Waals surface area (Å²) in [6.45, 7) is 5.27. The fourth-order valence-electron chi connectivity index (χ4n) is 1.66. The third kappa shape index (κ3) is 2.03. The summed E-state index contributed by atoms with van der Waals surface area (Å²) in [4.78, 5) is 4.32. The molecule has 0 saturated carbocycles. The summed E-state index contributed by atoms with van der Waals surface area (Å²) in [5.74, 6) is 1.45. The zero-order chi connectivity index (χ0) is 10.9. The van der Waals surface area contributed by atoms with E-state index >= 15 is 0 Å². The Kier molecular flexibility index (Phi) is 2.75. The zero-order valence-electron chi connectivity index (χ0n) is 9.19. The lowest BCUT2D eigenvalue weighted by molar-refractivity contribution is 0.0320. The Bertz CT molecular complexity index is 329. The van der Waals surface area contributed by atoms with Crippen LogP contribution in [-0.4, -0.2) is 23.4 Å². The van der Waals surface area contributed by atoms with Crippen LogP contribution in [0.2, 0.25) is 0 Å². The molecule has 84 valence electrons. The molecule has 15 heavy (non-hydrogen) atoms. The minimum Gasteiger partial charge on any atom is -0.379 e. The van der Waals surface area contributed by atoms with Gasteiger partial charge in [0.05, 0.1) is 6.61 Å². The maximum Gasteiger partial charge on any atom is 0.229 e. The molecule has 1 aliphatic heterocycles. The number of nitrogens with zero attached hydrogens (tertiary/aromatic N) is 2. The molecule has 0 bridgehead atoms. The topological polar surface area (TPSA) is 74.2 Å². The van der Waals surface area contributed by atoms with Crippen LogP contribution in [-0.2, 0) is 10.3 Å². The number of aromatic nitrogens is 2. The Balaban J connectivity index is 2.20. The highest BCUT2D eigenvalue weighted by Gasteiger charge is 2.35. The normalized spacial score (nSPS) is 27.2. The number of nitrogens with two attached hydrogens (primary N) is 1. The molecular formula is C10H17N3O2. The maximum absolute atomic E-state index is 6.18. The first-order valence-electron chi connectivity index (χ1n) is 5.32. The molecule has 0 spiro atoms. The van der Waals surface area contributed by atoms with Gasteiger partial charge in [-0.3, -0.25) is 0 Å². The minimum absolute atomic E-state index is 0.236. The van der Waals surface area contributed by atoms with Gasteiger partial charge in [-0.25, -0.2) is 0 Å². The Labute approximate surface area is 89.0 Å². The summed E-state index contributed by atoms with van der Waals surface area (Å²) >= 11 is 0. The van der Waals surface area contributed by atoms with Crippen LogP contribution < -0.4 is 5.73 Å². The predicted octanol–water partition coefficient (Wildman–Crippen LogP) is 1.16. The van der Waals surface area contributed by atoms with Crippen molar-refractivity contribution in [1.82, 2.24) is 10.1 Å². The van der Waals surface area contributed by atoms with E-state index in [0.29, 0.717) is 18.3 Å². The second-order valence-electron chi connectivity index (χ2n) is 4.42. The fraction of sp³-hybridized carbons (Fsp3) is 0.800. The van der Waals surface area contributed by atoms with Gasteiger partial charge in [-0.15, -0.1) is 0 Å². The van der Waals surface area contributed by atoms with Crippen molar-refractivity contribution in [3.63, 3.8) is 0 Å². The van der Waals surface area contributed by atoms with Crippen molar-refractivity contribution >= 4 is 0 Å². The Morgan fingerprint density at radius 2 is 2.27 bits per heavy atom. The van der Waals surface area contributed by atoms with E-state index in [1.165, 1.54) is 0 Å². The zero-order valence-corrected chi connectivity index (χ0v) is 9.19. The lowest BCUT2D eigenvalue weighted by atomic mass is 9.93. The highest BCUT2D eigenvalue weighted by Crippen LogP contribution is 2.26. The second-order valence-corrected chi connectivity index (χ2v) is 4.42. The summed E-state index contributed by atoms with van der Waals surface area (Å²) in [6, 6.07) is 0. The fourth-order valence-corrected chi connectivity index (χ4v) is 1.66. The predicted molar refractivity (Wildman–Crippen MR) is 54.3 cm³/mol. The molecule has 5 nitrogen and oxygen atoms in total. The second kappa shape index (κ2) is 3.90. The van der Waals surface area contributed by atoms with Crippen LogP contribution >= 0.6 is 0 Å². The van der Waals surface area contributed by atoms with E-state index in [4.69, 9.17) is 15.0 Å². The summed E-state index contributed by atoms with van der Waals surface area (Å²) in [7, 11) is 0. The van der Waals surface area contributed by atoms with Crippen LogP contribution in [0.15, 0.2) is 4.52 Å². The molecule has 1 aromatic heterocycles. The summed E-state index contributed by atoms with van der Waals surface area (Å²) in [5.41, 5.74) is 5.62. The van der Waals surface area contributed by atoms with Gasteiger partial charge in [-0.2, -0.15) is 4.98 Å². The summed E-state index contributed by atoms with van der Waals surface area (Å²) < 4.78 is 10.5. The van der Waals surface area contributed by atoms with Gasteiger partial charge < -0.3 is 15.0 Å². The molecule has 2 rings (SSSR count). The van der Waals surface area contributed by atoms with Gasteiger partial charge >= 0.3 is 0 Å². The van der Waals surface area contributed by atoms with E-state index in [2.05, 4.69) is 10.1 Å². The molecule has 1 saturated heterocycles. The molecule has 0 amide bonds. The van der Waals surface area contributed by atoms with E-state index in [-0.39, 0.29) is 5.92 Å². The van der Waals surface area contributed by atoms with Gasteiger partial charge in [0.1, 0.15) is 5.54 Å². The molecule has 0 aliphatic carbocycles. The molecule has 1 unspecified atom stereocenters. The highest BCUT2D eigenvalue weighted by atomic mass is 16.5. The molecule has 2 N–H and O–H groups in total. The number of ether oxygens (including phenoxy) is 1. The molecule has 5 heteroatoms. The summed E-state index contributed by atoms with van der Waals surface area (Å²) in [6.07, 6.45) is 1.80. The lowest BCUT2D eigenvalue weighted by Gasteiger charge is -2.29. The van der Waals surface area contributed by atoms with Gasteiger partial charge in [0.15, 0.2) is 5.82 Å². The van der Waals surface area contributed by atoms with E-state index in [1.807, 2.05) is 13.8 Å². The molecule has 2 heterocycles. The maximum atomic E-state index is 6.18. The van der Waals surface area contributed by atoms with Gasteiger partial charge in [-0.1, -0.05) is 19.0 Å². The van der Waals surface area contributed by atoms with Crippen LogP contribution in [0.3, 0.4) is 0 Å². The third-order valence-corrected chi connectivity index (χ3v) is 2.65. The molecular weight excluding hydrogens is 194 g/mol. The monoisotopic (exact) mass is 211 g/mol. The largest absolute Gasteiger partial charge is 0.379 e. The van der Waals surface area contributed by atoms with Gasteiger partial charge in [-0.05, 0) is 12.8 Å². The number of hydrogen-bond acceptors (Lipinski definition) is 5. The van der Waals surface area contributed by atoms with Gasteiger partial charge in [0, 0.05) is 12.5 Å². The molecule has 1 aromatic rings. The van der Waals surface area contributed by atoms with Crippen LogP contribution in [0.5, 0.6) is 0 Å². The first kappa shape index (κ1) is 10.6. The van der Waals surface area contributed by atoms with Crippen molar-refractivity contribution in [1.29, 1.82) is 0 Å². The number of hydrogen-bond donors (Lipinski definition) is 1. The Morgan fingerprint density at radius 1 is 1.47 bits per heavy atom. The van der Waals surface area contributed by atoms with E-state index < -0.39 is 5.54 Å².